The maximum Gasteiger partial charge on any atom is 0.204 e. The van der Waals surface area contributed by atoms with Gasteiger partial charge in [-0.3, -0.25) is 0 Å². The Morgan fingerprint density at radius 3 is 2.84 bits per heavy atom. The molecule has 7 nitrogen and oxygen atoms in total. The number of nitrogens with zero attached hydrogens (tertiary/aromatic N) is 4. The molecule has 19 heavy (non-hydrogen) atoms. The Morgan fingerprint density at radius 2 is 2.00 bits per heavy atom. The van der Waals surface area contributed by atoms with E-state index in [0.29, 0.717) is 28.6 Å². The van der Waals surface area contributed by atoms with Gasteiger partial charge in [0, 0.05) is 10.6 Å². The van der Waals surface area contributed by atoms with Crippen molar-refractivity contribution in [2.75, 3.05) is 11.5 Å². The summed E-state index contributed by atoms with van der Waals surface area (Å²) in [7, 11) is 0. The molecular weight excluding hydrogens is 262 g/mol. The zero-order valence-electron chi connectivity index (χ0n) is 9.87. The van der Waals surface area contributed by atoms with Crippen LogP contribution in [0, 0.1) is 0 Å². The van der Waals surface area contributed by atoms with Crippen LogP contribution in [0.4, 0.5) is 11.6 Å². The van der Waals surface area contributed by atoms with Gasteiger partial charge in [-0.05, 0) is 18.2 Å². The molecular formula is C11H11N7S. The van der Waals surface area contributed by atoms with Crippen LogP contribution in [-0.4, -0.2) is 25.4 Å². The molecule has 0 aromatic carbocycles. The number of nitrogens with one attached hydrogen (secondary N) is 1. The van der Waals surface area contributed by atoms with Crippen LogP contribution in [0.25, 0.3) is 11.2 Å². The van der Waals surface area contributed by atoms with E-state index in [1.165, 1.54) is 0 Å². The van der Waals surface area contributed by atoms with Gasteiger partial charge in [0.2, 0.25) is 5.65 Å². The van der Waals surface area contributed by atoms with Crippen molar-refractivity contribution in [3.8, 4) is 0 Å². The number of pyridine rings is 2. The molecule has 0 aliphatic heterocycles. The van der Waals surface area contributed by atoms with Gasteiger partial charge in [0.05, 0.1) is 5.69 Å². The lowest BCUT2D eigenvalue weighted by molar-refractivity contribution is 0.953. The fraction of sp³-hybridized carbons (Fsp3) is 0.0909. The summed E-state index contributed by atoms with van der Waals surface area (Å²) in [4.78, 5) is 9.25. The Labute approximate surface area is 112 Å². The summed E-state index contributed by atoms with van der Waals surface area (Å²) in [6.45, 7) is 0. The number of hydrogen-bond donors (Lipinski definition) is 3. The van der Waals surface area contributed by atoms with Crippen molar-refractivity contribution < 1.29 is 0 Å². The minimum Gasteiger partial charge on any atom is -0.384 e. The van der Waals surface area contributed by atoms with E-state index in [9.17, 15) is 0 Å². The van der Waals surface area contributed by atoms with Crippen LogP contribution in [0.1, 0.15) is 5.69 Å². The highest BCUT2D eigenvalue weighted by Gasteiger charge is 2.09. The van der Waals surface area contributed by atoms with Crippen LogP contribution in [0.3, 0.4) is 0 Å². The lowest BCUT2D eigenvalue weighted by atomic mass is 10.4. The first-order chi connectivity index (χ1) is 9.22. The van der Waals surface area contributed by atoms with Crippen molar-refractivity contribution in [1.29, 1.82) is 0 Å². The minimum atomic E-state index is 0.421. The van der Waals surface area contributed by atoms with Crippen molar-refractivity contribution in [2.24, 2.45) is 0 Å². The first-order valence-corrected chi connectivity index (χ1v) is 6.52. The average Bonchev–Trinajstić information content (AvgIpc) is 2.84. The Hall–Kier alpha value is -2.35. The topological polar surface area (TPSA) is 119 Å². The van der Waals surface area contributed by atoms with Gasteiger partial charge in [-0.2, -0.15) is 10.3 Å². The fourth-order valence-corrected chi connectivity index (χ4v) is 2.61. The van der Waals surface area contributed by atoms with Crippen molar-refractivity contribution in [3.63, 3.8) is 0 Å². The molecule has 3 rings (SSSR count). The van der Waals surface area contributed by atoms with Gasteiger partial charge in [-0.15, -0.1) is 16.9 Å². The minimum absolute atomic E-state index is 0.421. The monoisotopic (exact) mass is 273 g/mol. The summed E-state index contributed by atoms with van der Waals surface area (Å²) >= 11 is 1.57. The van der Waals surface area contributed by atoms with Crippen LogP contribution >= 0.6 is 11.8 Å². The van der Waals surface area contributed by atoms with Gasteiger partial charge in [-0.1, -0.05) is 6.07 Å². The van der Waals surface area contributed by atoms with E-state index in [4.69, 9.17) is 11.5 Å². The van der Waals surface area contributed by atoms with E-state index in [-0.39, 0.29) is 0 Å². The summed E-state index contributed by atoms with van der Waals surface area (Å²) in [6, 6.07) is 7.34. The molecule has 0 aliphatic carbocycles. The summed E-state index contributed by atoms with van der Waals surface area (Å²) in [6.07, 6.45) is 0. The Balaban J connectivity index is 1.87. The Kier molecular flexibility index (Phi) is 2.92. The second-order valence-corrected chi connectivity index (χ2v) is 4.90. The lowest BCUT2D eigenvalue weighted by Gasteiger charge is -2.03. The van der Waals surface area contributed by atoms with Crippen LogP contribution in [-0.2, 0) is 5.75 Å². The van der Waals surface area contributed by atoms with E-state index in [2.05, 4.69) is 25.4 Å². The molecule has 96 valence electrons. The van der Waals surface area contributed by atoms with E-state index < -0.39 is 0 Å². The molecule has 0 radical (unpaired) electrons. The lowest BCUT2D eigenvalue weighted by Crippen LogP contribution is -1.94. The molecule has 5 N–H and O–H groups in total. The molecule has 3 aromatic rings. The summed E-state index contributed by atoms with van der Waals surface area (Å²) in [5, 5.41) is 10.5. The van der Waals surface area contributed by atoms with E-state index in [1.807, 2.05) is 12.1 Å². The number of aromatic nitrogens is 5. The predicted octanol–water partition coefficient (Wildman–Crippen LogP) is 1.20. The number of thioether (sulfide) groups is 1. The first kappa shape index (κ1) is 11.7. The molecule has 0 fully saturated rings. The molecule has 8 heteroatoms. The summed E-state index contributed by atoms with van der Waals surface area (Å²) in [5.74, 6) is 1.61. The van der Waals surface area contributed by atoms with E-state index in [0.717, 1.165) is 10.6 Å². The highest BCUT2D eigenvalue weighted by atomic mass is 32.2. The molecule has 0 bridgehead atoms. The van der Waals surface area contributed by atoms with Crippen LogP contribution < -0.4 is 11.5 Å². The molecule has 0 saturated heterocycles. The van der Waals surface area contributed by atoms with Crippen LogP contribution in [0.5, 0.6) is 0 Å². The van der Waals surface area contributed by atoms with Crippen molar-refractivity contribution in [2.45, 2.75) is 10.6 Å². The fourth-order valence-electron chi connectivity index (χ4n) is 1.67. The van der Waals surface area contributed by atoms with Crippen LogP contribution in [0.2, 0.25) is 0 Å². The standard InChI is InChI=1S/C11H11N7S/c12-8-3-1-2-6(14-8)5-19-7-4-9(13)15-11-10(7)16-18-17-11/h1-4H,5H2,(H2,12,14)(H3,13,15,16,17,18). The molecule has 3 aromatic heterocycles. The molecule has 0 atom stereocenters. The predicted molar refractivity (Wildman–Crippen MR) is 74.3 cm³/mol. The average molecular weight is 273 g/mol. The molecule has 0 saturated carbocycles. The molecule has 0 amide bonds. The first-order valence-electron chi connectivity index (χ1n) is 5.53. The Morgan fingerprint density at radius 1 is 1.11 bits per heavy atom. The maximum absolute atomic E-state index is 5.74. The van der Waals surface area contributed by atoms with Gasteiger partial charge in [-0.25, -0.2) is 9.97 Å². The van der Waals surface area contributed by atoms with Crippen LogP contribution in [0.15, 0.2) is 29.2 Å². The van der Waals surface area contributed by atoms with Crippen molar-refractivity contribution >= 4 is 34.6 Å². The summed E-state index contributed by atoms with van der Waals surface area (Å²) < 4.78 is 0. The quantitative estimate of drug-likeness (QED) is 0.613. The van der Waals surface area contributed by atoms with Crippen molar-refractivity contribution in [3.05, 3.63) is 30.0 Å². The molecule has 0 unspecified atom stereocenters. The van der Waals surface area contributed by atoms with Crippen molar-refractivity contribution in [1.82, 2.24) is 25.4 Å². The van der Waals surface area contributed by atoms with E-state index >= 15 is 0 Å². The second-order valence-electron chi connectivity index (χ2n) is 3.88. The third-order valence-corrected chi connectivity index (χ3v) is 3.54. The summed E-state index contributed by atoms with van der Waals surface area (Å²) in [5.41, 5.74) is 13.5. The number of nitrogens with two attached hydrogens (primary N) is 2. The zero-order valence-corrected chi connectivity index (χ0v) is 10.7. The number of anilines is 2. The van der Waals surface area contributed by atoms with Gasteiger partial charge in [0.25, 0.3) is 0 Å². The largest absolute Gasteiger partial charge is 0.384 e. The number of hydrogen-bond acceptors (Lipinski definition) is 7. The maximum atomic E-state index is 5.74. The third-order valence-electron chi connectivity index (χ3n) is 2.48. The highest BCUT2D eigenvalue weighted by Crippen LogP contribution is 2.28. The number of aromatic amines is 1. The zero-order chi connectivity index (χ0) is 13.2. The number of rotatable bonds is 3. The van der Waals surface area contributed by atoms with Gasteiger partial charge >= 0.3 is 0 Å². The molecule has 0 aliphatic rings. The van der Waals surface area contributed by atoms with E-state index in [1.54, 1.807) is 23.9 Å². The highest BCUT2D eigenvalue weighted by molar-refractivity contribution is 7.98. The Bertz CT molecular complexity index is 724. The molecule has 3 heterocycles. The molecule has 0 spiro atoms. The second kappa shape index (κ2) is 4.73. The van der Waals surface area contributed by atoms with Gasteiger partial charge < -0.3 is 11.5 Å². The number of H-pyrrole nitrogens is 1. The number of nitrogen functional groups attached to an aromatic ring is 2. The SMILES string of the molecule is Nc1cccc(CSc2cc(N)nc3n[nH]nc23)n1. The smallest absolute Gasteiger partial charge is 0.204 e. The normalized spacial score (nSPS) is 10.9. The van der Waals surface area contributed by atoms with Gasteiger partial charge in [0.1, 0.15) is 17.2 Å². The van der Waals surface area contributed by atoms with Gasteiger partial charge in [0.15, 0.2) is 0 Å². The third kappa shape index (κ3) is 2.43. The number of fused-ring (bicyclic) bond motifs is 1.